The molecular weight excluding hydrogens is 218 g/mol. The molecule has 0 aliphatic heterocycles. The molecule has 0 spiro atoms. The molecule has 2 aromatic heterocycles. The SMILES string of the molecule is CC(C)c1c(N)ncnc1Oc1cnn(C)c1. The predicted octanol–water partition coefficient (Wildman–Crippen LogP) is 1.71. The van der Waals surface area contributed by atoms with Crippen molar-refractivity contribution >= 4 is 5.82 Å². The summed E-state index contributed by atoms with van der Waals surface area (Å²) < 4.78 is 7.32. The van der Waals surface area contributed by atoms with E-state index in [1.54, 1.807) is 17.1 Å². The van der Waals surface area contributed by atoms with Gasteiger partial charge in [-0.25, -0.2) is 9.97 Å². The van der Waals surface area contributed by atoms with Crippen LogP contribution in [-0.2, 0) is 7.05 Å². The first-order valence-corrected chi connectivity index (χ1v) is 5.34. The third-order valence-corrected chi connectivity index (χ3v) is 2.35. The minimum Gasteiger partial charge on any atom is -0.435 e. The lowest BCUT2D eigenvalue weighted by Gasteiger charge is -2.12. The van der Waals surface area contributed by atoms with Gasteiger partial charge >= 0.3 is 0 Å². The van der Waals surface area contributed by atoms with Gasteiger partial charge in [-0.05, 0) is 5.92 Å². The standard InChI is InChI=1S/C11H15N5O/c1-7(2)9-10(12)13-6-14-11(9)17-8-4-15-16(3)5-8/h4-7H,1-3H3,(H2,12,13,14). The van der Waals surface area contributed by atoms with Gasteiger partial charge in [0.2, 0.25) is 5.88 Å². The normalized spacial score (nSPS) is 10.8. The predicted molar refractivity (Wildman–Crippen MR) is 63.8 cm³/mol. The van der Waals surface area contributed by atoms with E-state index >= 15 is 0 Å². The summed E-state index contributed by atoms with van der Waals surface area (Å²) in [6.07, 6.45) is 4.79. The molecule has 2 aromatic rings. The fourth-order valence-electron chi connectivity index (χ4n) is 1.58. The van der Waals surface area contributed by atoms with Crippen molar-refractivity contribution in [3.8, 4) is 11.6 Å². The Kier molecular flexibility index (Phi) is 2.95. The molecule has 0 atom stereocenters. The summed E-state index contributed by atoms with van der Waals surface area (Å²) in [5.41, 5.74) is 6.65. The maximum Gasteiger partial charge on any atom is 0.228 e. The highest BCUT2D eigenvalue weighted by molar-refractivity contribution is 5.47. The van der Waals surface area contributed by atoms with Crippen molar-refractivity contribution in [2.75, 3.05) is 5.73 Å². The van der Waals surface area contributed by atoms with E-state index in [0.29, 0.717) is 17.4 Å². The van der Waals surface area contributed by atoms with Gasteiger partial charge in [0.1, 0.15) is 12.1 Å². The lowest BCUT2D eigenvalue weighted by molar-refractivity contribution is 0.451. The van der Waals surface area contributed by atoms with Gasteiger partial charge in [0.05, 0.1) is 18.0 Å². The summed E-state index contributed by atoms with van der Waals surface area (Å²) >= 11 is 0. The van der Waals surface area contributed by atoms with Crippen LogP contribution in [0.1, 0.15) is 25.3 Å². The fourth-order valence-corrected chi connectivity index (χ4v) is 1.58. The van der Waals surface area contributed by atoms with Gasteiger partial charge in [-0.15, -0.1) is 0 Å². The lowest BCUT2D eigenvalue weighted by atomic mass is 10.1. The van der Waals surface area contributed by atoms with E-state index in [1.165, 1.54) is 6.33 Å². The van der Waals surface area contributed by atoms with Crippen molar-refractivity contribution in [2.45, 2.75) is 19.8 Å². The van der Waals surface area contributed by atoms with Crippen molar-refractivity contribution in [1.82, 2.24) is 19.7 Å². The quantitative estimate of drug-likeness (QED) is 0.873. The Morgan fingerprint density at radius 1 is 1.35 bits per heavy atom. The second-order valence-electron chi connectivity index (χ2n) is 4.08. The average Bonchev–Trinajstić information content (AvgIpc) is 2.63. The van der Waals surface area contributed by atoms with Crippen LogP contribution in [0.2, 0.25) is 0 Å². The molecule has 2 heterocycles. The second kappa shape index (κ2) is 4.40. The highest BCUT2D eigenvalue weighted by Gasteiger charge is 2.15. The zero-order chi connectivity index (χ0) is 12.4. The molecule has 90 valence electrons. The molecule has 2 N–H and O–H groups in total. The number of hydrogen-bond acceptors (Lipinski definition) is 5. The van der Waals surface area contributed by atoms with Crippen molar-refractivity contribution in [3.05, 3.63) is 24.3 Å². The van der Waals surface area contributed by atoms with Crippen LogP contribution in [-0.4, -0.2) is 19.7 Å². The molecule has 0 amide bonds. The van der Waals surface area contributed by atoms with Gasteiger partial charge in [0.15, 0.2) is 5.75 Å². The number of aryl methyl sites for hydroxylation is 1. The van der Waals surface area contributed by atoms with E-state index in [9.17, 15) is 0 Å². The number of nitrogen functional groups attached to an aromatic ring is 1. The highest BCUT2D eigenvalue weighted by atomic mass is 16.5. The molecule has 0 saturated heterocycles. The molecule has 6 nitrogen and oxygen atoms in total. The number of hydrogen-bond donors (Lipinski definition) is 1. The lowest BCUT2D eigenvalue weighted by Crippen LogP contribution is -2.04. The minimum atomic E-state index is 0.197. The van der Waals surface area contributed by atoms with Crippen molar-refractivity contribution in [1.29, 1.82) is 0 Å². The Morgan fingerprint density at radius 3 is 2.71 bits per heavy atom. The van der Waals surface area contributed by atoms with Crippen LogP contribution in [0.15, 0.2) is 18.7 Å². The first-order chi connectivity index (χ1) is 8.08. The van der Waals surface area contributed by atoms with Gasteiger partial charge in [0.25, 0.3) is 0 Å². The number of nitrogens with zero attached hydrogens (tertiary/aromatic N) is 4. The van der Waals surface area contributed by atoms with E-state index in [0.717, 1.165) is 5.56 Å². The van der Waals surface area contributed by atoms with Gasteiger partial charge in [-0.2, -0.15) is 5.10 Å². The highest BCUT2D eigenvalue weighted by Crippen LogP contribution is 2.30. The zero-order valence-corrected chi connectivity index (χ0v) is 10.1. The van der Waals surface area contributed by atoms with Crippen LogP contribution in [0.3, 0.4) is 0 Å². The van der Waals surface area contributed by atoms with Crippen molar-refractivity contribution < 1.29 is 4.74 Å². The Hall–Kier alpha value is -2.11. The Morgan fingerprint density at radius 2 is 2.12 bits per heavy atom. The van der Waals surface area contributed by atoms with E-state index in [-0.39, 0.29) is 5.92 Å². The third-order valence-electron chi connectivity index (χ3n) is 2.35. The molecule has 6 heteroatoms. The van der Waals surface area contributed by atoms with Crippen LogP contribution < -0.4 is 10.5 Å². The van der Waals surface area contributed by atoms with Gasteiger partial charge < -0.3 is 10.5 Å². The third kappa shape index (κ3) is 2.35. The van der Waals surface area contributed by atoms with Crippen molar-refractivity contribution in [3.63, 3.8) is 0 Å². The van der Waals surface area contributed by atoms with E-state index < -0.39 is 0 Å². The maximum absolute atomic E-state index is 5.83. The summed E-state index contributed by atoms with van der Waals surface area (Å²) in [6, 6.07) is 0. The molecule has 0 fully saturated rings. The summed E-state index contributed by atoms with van der Waals surface area (Å²) in [5, 5.41) is 4.03. The number of anilines is 1. The number of aromatic nitrogens is 4. The first-order valence-electron chi connectivity index (χ1n) is 5.34. The molecule has 0 aliphatic carbocycles. The van der Waals surface area contributed by atoms with Gasteiger partial charge in [-0.3, -0.25) is 4.68 Å². The molecule has 0 bridgehead atoms. The molecule has 2 rings (SSSR count). The van der Waals surface area contributed by atoms with Crippen molar-refractivity contribution in [2.24, 2.45) is 7.05 Å². The molecule has 17 heavy (non-hydrogen) atoms. The smallest absolute Gasteiger partial charge is 0.228 e. The minimum absolute atomic E-state index is 0.197. The summed E-state index contributed by atoms with van der Waals surface area (Å²) in [7, 11) is 1.82. The Bertz CT molecular complexity index is 520. The van der Waals surface area contributed by atoms with Crippen LogP contribution in [0.4, 0.5) is 5.82 Å². The van der Waals surface area contributed by atoms with Gasteiger partial charge in [0, 0.05) is 7.05 Å². The number of nitrogens with two attached hydrogens (primary N) is 1. The summed E-state index contributed by atoms with van der Waals surface area (Å²) in [6.45, 7) is 4.04. The molecule has 0 saturated carbocycles. The van der Waals surface area contributed by atoms with E-state index in [1.807, 2.05) is 20.9 Å². The van der Waals surface area contributed by atoms with Crippen LogP contribution in [0, 0.1) is 0 Å². The van der Waals surface area contributed by atoms with E-state index in [4.69, 9.17) is 10.5 Å². The van der Waals surface area contributed by atoms with Crippen LogP contribution in [0.5, 0.6) is 11.6 Å². The molecule has 0 aromatic carbocycles. The average molecular weight is 233 g/mol. The largest absolute Gasteiger partial charge is 0.435 e. The maximum atomic E-state index is 5.83. The number of ether oxygens (including phenoxy) is 1. The molecular formula is C11H15N5O. The molecule has 0 unspecified atom stereocenters. The summed E-state index contributed by atoms with van der Waals surface area (Å²) in [5.74, 6) is 1.77. The first kappa shape index (κ1) is 11.4. The fraction of sp³-hybridized carbons (Fsp3) is 0.364. The molecule has 0 aliphatic rings. The second-order valence-corrected chi connectivity index (χ2v) is 4.08. The Balaban J connectivity index is 2.35. The molecule has 0 radical (unpaired) electrons. The Labute approximate surface area is 99.4 Å². The van der Waals surface area contributed by atoms with Gasteiger partial charge in [-0.1, -0.05) is 13.8 Å². The van der Waals surface area contributed by atoms with E-state index in [2.05, 4.69) is 15.1 Å². The van der Waals surface area contributed by atoms with Crippen LogP contribution in [0.25, 0.3) is 0 Å². The monoisotopic (exact) mass is 233 g/mol. The van der Waals surface area contributed by atoms with Crippen LogP contribution >= 0.6 is 0 Å². The number of rotatable bonds is 3. The zero-order valence-electron chi connectivity index (χ0n) is 10.1. The summed E-state index contributed by atoms with van der Waals surface area (Å²) in [4.78, 5) is 8.09. The topological polar surface area (TPSA) is 78.8 Å².